The Morgan fingerprint density at radius 1 is 1.04 bits per heavy atom. The van der Waals surface area contributed by atoms with E-state index >= 15 is 0 Å². The summed E-state index contributed by atoms with van der Waals surface area (Å²) in [6, 6.07) is 15.9. The summed E-state index contributed by atoms with van der Waals surface area (Å²) in [7, 11) is 0. The lowest BCUT2D eigenvalue weighted by molar-refractivity contribution is -0.139. The zero-order chi connectivity index (χ0) is 17.6. The van der Waals surface area contributed by atoms with Crippen LogP contribution in [0, 0.1) is 0 Å². The molecular formula is C20H22N2O3. The second-order valence-corrected chi connectivity index (χ2v) is 6.27. The fourth-order valence-corrected chi connectivity index (χ4v) is 3.18. The number of carbonyl (C=O) groups excluding carboxylic acids is 1. The molecule has 2 N–H and O–H groups in total. The van der Waals surface area contributed by atoms with Gasteiger partial charge in [0.2, 0.25) is 0 Å². The van der Waals surface area contributed by atoms with Crippen molar-refractivity contribution in [2.75, 3.05) is 11.4 Å². The van der Waals surface area contributed by atoms with E-state index in [1.807, 2.05) is 54.6 Å². The molecule has 1 heterocycles. The molecule has 0 fully saturated rings. The summed E-state index contributed by atoms with van der Waals surface area (Å²) >= 11 is 0. The van der Waals surface area contributed by atoms with Gasteiger partial charge >= 0.3 is 12.0 Å². The maximum atomic E-state index is 12.8. The number of rotatable bonds is 4. The number of fused-ring (bicyclic) bond motifs is 1. The number of aliphatic carboxylic acids is 1. The number of nitrogens with zero attached hydrogens (tertiary/aromatic N) is 1. The number of carboxylic acid groups (broad SMARTS) is 1. The third kappa shape index (κ3) is 4.18. The number of anilines is 1. The summed E-state index contributed by atoms with van der Waals surface area (Å²) in [5.74, 6) is -1.03. The Bertz CT molecular complexity index is 746. The quantitative estimate of drug-likeness (QED) is 0.899. The molecule has 0 aliphatic carbocycles. The van der Waals surface area contributed by atoms with Crippen molar-refractivity contribution in [3.8, 4) is 0 Å². The molecule has 0 saturated heterocycles. The van der Waals surface area contributed by atoms with Gasteiger partial charge in [-0.05, 0) is 36.5 Å². The SMILES string of the molecule is O=C(O)[C@H](Cc1ccccc1)NC(=O)N1CCCCc2ccccc21. The maximum absolute atomic E-state index is 12.8. The van der Waals surface area contributed by atoms with Crippen LogP contribution in [-0.2, 0) is 17.6 Å². The van der Waals surface area contributed by atoms with E-state index in [-0.39, 0.29) is 12.5 Å². The second kappa shape index (κ2) is 7.83. The van der Waals surface area contributed by atoms with E-state index in [1.54, 1.807) is 4.90 Å². The van der Waals surface area contributed by atoms with E-state index in [1.165, 1.54) is 0 Å². The van der Waals surface area contributed by atoms with E-state index in [4.69, 9.17) is 0 Å². The molecule has 2 aromatic carbocycles. The minimum Gasteiger partial charge on any atom is -0.480 e. The Morgan fingerprint density at radius 3 is 2.52 bits per heavy atom. The van der Waals surface area contributed by atoms with Gasteiger partial charge in [0.15, 0.2) is 0 Å². The highest BCUT2D eigenvalue weighted by atomic mass is 16.4. The van der Waals surface area contributed by atoms with Crippen LogP contribution in [0.3, 0.4) is 0 Å². The molecule has 25 heavy (non-hydrogen) atoms. The molecule has 5 heteroatoms. The van der Waals surface area contributed by atoms with Gasteiger partial charge in [-0.15, -0.1) is 0 Å². The van der Waals surface area contributed by atoms with Crippen LogP contribution in [0.15, 0.2) is 54.6 Å². The monoisotopic (exact) mass is 338 g/mol. The number of urea groups is 1. The molecule has 1 aliphatic heterocycles. The Labute approximate surface area is 147 Å². The van der Waals surface area contributed by atoms with Crippen LogP contribution in [0.4, 0.5) is 10.5 Å². The molecule has 1 aliphatic rings. The molecule has 0 bridgehead atoms. The van der Waals surface area contributed by atoms with Gasteiger partial charge < -0.3 is 10.4 Å². The van der Waals surface area contributed by atoms with Gasteiger partial charge in [-0.25, -0.2) is 9.59 Å². The number of carbonyl (C=O) groups is 2. The first-order valence-electron chi connectivity index (χ1n) is 8.58. The normalized spacial score (nSPS) is 15.0. The Balaban J connectivity index is 1.76. The number of aryl methyl sites for hydroxylation is 1. The number of hydrogen-bond acceptors (Lipinski definition) is 2. The van der Waals surface area contributed by atoms with Gasteiger partial charge in [0.25, 0.3) is 0 Å². The Hall–Kier alpha value is -2.82. The summed E-state index contributed by atoms with van der Waals surface area (Å²) in [6.45, 7) is 0.598. The molecule has 0 aromatic heterocycles. The second-order valence-electron chi connectivity index (χ2n) is 6.27. The van der Waals surface area contributed by atoms with Gasteiger partial charge in [-0.1, -0.05) is 48.5 Å². The fourth-order valence-electron chi connectivity index (χ4n) is 3.18. The smallest absolute Gasteiger partial charge is 0.326 e. The van der Waals surface area contributed by atoms with Gasteiger partial charge in [-0.2, -0.15) is 0 Å². The van der Waals surface area contributed by atoms with Crippen molar-refractivity contribution < 1.29 is 14.7 Å². The molecule has 5 nitrogen and oxygen atoms in total. The van der Waals surface area contributed by atoms with Crippen molar-refractivity contribution in [1.29, 1.82) is 0 Å². The third-order valence-electron chi connectivity index (χ3n) is 4.48. The summed E-state index contributed by atoms with van der Waals surface area (Å²) in [5.41, 5.74) is 2.89. The summed E-state index contributed by atoms with van der Waals surface area (Å²) < 4.78 is 0. The topological polar surface area (TPSA) is 69.6 Å². The lowest BCUT2D eigenvalue weighted by Gasteiger charge is -2.25. The minimum atomic E-state index is -1.03. The molecular weight excluding hydrogens is 316 g/mol. The number of para-hydroxylation sites is 1. The Morgan fingerprint density at radius 2 is 1.76 bits per heavy atom. The highest BCUT2D eigenvalue weighted by Gasteiger charge is 2.26. The summed E-state index contributed by atoms with van der Waals surface area (Å²) in [4.78, 5) is 26.0. The van der Waals surface area contributed by atoms with Crippen molar-refractivity contribution in [1.82, 2.24) is 5.32 Å². The van der Waals surface area contributed by atoms with Crippen LogP contribution in [-0.4, -0.2) is 29.7 Å². The van der Waals surface area contributed by atoms with Gasteiger partial charge in [0, 0.05) is 18.7 Å². The lowest BCUT2D eigenvalue weighted by Crippen LogP contribution is -2.49. The third-order valence-corrected chi connectivity index (χ3v) is 4.48. The van der Waals surface area contributed by atoms with E-state index in [2.05, 4.69) is 5.32 Å². The highest BCUT2D eigenvalue weighted by Crippen LogP contribution is 2.26. The first kappa shape index (κ1) is 17.0. The van der Waals surface area contributed by atoms with Crippen LogP contribution in [0.2, 0.25) is 0 Å². The van der Waals surface area contributed by atoms with Gasteiger partial charge in [0.1, 0.15) is 6.04 Å². The first-order chi connectivity index (χ1) is 12.1. The van der Waals surface area contributed by atoms with Gasteiger partial charge in [-0.3, -0.25) is 4.90 Å². The highest BCUT2D eigenvalue weighted by molar-refractivity contribution is 5.95. The van der Waals surface area contributed by atoms with Crippen LogP contribution in [0.1, 0.15) is 24.0 Å². The molecule has 130 valence electrons. The molecule has 2 amide bonds. The number of nitrogens with one attached hydrogen (secondary N) is 1. The fraction of sp³-hybridized carbons (Fsp3) is 0.300. The van der Waals surface area contributed by atoms with Gasteiger partial charge in [0.05, 0.1) is 0 Å². The minimum absolute atomic E-state index is 0.261. The standard InChI is InChI=1S/C20H22N2O3/c23-19(24)17(14-15-8-2-1-3-9-15)21-20(25)22-13-7-6-11-16-10-4-5-12-18(16)22/h1-5,8-10,12,17H,6-7,11,13-14H2,(H,21,25)(H,23,24)/t17-/m0/s1. The van der Waals surface area contributed by atoms with Crippen molar-refractivity contribution in [2.24, 2.45) is 0 Å². The predicted molar refractivity (Wildman–Crippen MR) is 96.8 cm³/mol. The van der Waals surface area contributed by atoms with E-state index in [0.717, 1.165) is 36.1 Å². The van der Waals surface area contributed by atoms with Crippen LogP contribution >= 0.6 is 0 Å². The predicted octanol–water partition coefficient (Wildman–Crippen LogP) is 3.23. The maximum Gasteiger partial charge on any atom is 0.326 e. The number of benzene rings is 2. The Kier molecular flexibility index (Phi) is 5.33. The molecule has 0 saturated carbocycles. The zero-order valence-electron chi connectivity index (χ0n) is 14.0. The number of carboxylic acids is 1. The first-order valence-corrected chi connectivity index (χ1v) is 8.58. The molecule has 1 atom stereocenters. The number of amides is 2. The average molecular weight is 338 g/mol. The summed E-state index contributed by atoms with van der Waals surface area (Å²) in [5, 5.41) is 12.2. The van der Waals surface area contributed by atoms with E-state index in [0.29, 0.717) is 6.54 Å². The van der Waals surface area contributed by atoms with Crippen molar-refractivity contribution >= 4 is 17.7 Å². The van der Waals surface area contributed by atoms with Crippen molar-refractivity contribution in [3.05, 3.63) is 65.7 Å². The van der Waals surface area contributed by atoms with Crippen LogP contribution in [0.5, 0.6) is 0 Å². The van der Waals surface area contributed by atoms with E-state index < -0.39 is 12.0 Å². The van der Waals surface area contributed by atoms with Crippen LogP contribution in [0.25, 0.3) is 0 Å². The van der Waals surface area contributed by atoms with E-state index in [9.17, 15) is 14.7 Å². The van der Waals surface area contributed by atoms with Crippen molar-refractivity contribution in [2.45, 2.75) is 31.7 Å². The van der Waals surface area contributed by atoms with Crippen molar-refractivity contribution in [3.63, 3.8) is 0 Å². The molecule has 0 radical (unpaired) electrons. The molecule has 3 rings (SSSR count). The average Bonchev–Trinajstić information content (AvgIpc) is 2.84. The molecule has 0 unspecified atom stereocenters. The van der Waals surface area contributed by atoms with Crippen LogP contribution < -0.4 is 10.2 Å². The lowest BCUT2D eigenvalue weighted by atomic mass is 10.1. The zero-order valence-corrected chi connectivity index (χ0v) is 14.0. The molecule has 2 aromatic rings. The summed E-state index contributed by atoms with van der Waals surface area (Å²) in [6.07, 6.45) is 3.12. The number of hydrogen-bond donors (Lipinski definition) is 2. The molecule has 0 spiro atoms. The largest absolute Gasteiger partial charge is 0.480 e.